The molecule has 1 aliphatic carbocycles. The highest BCUT2D eigenvalue weighted by Crippen LogP contribution is 2.30. The van der Waals surface area contributed by atoms with Crippen molar-refractivity contribution >= 4 is 17.9 Å². The molecule has 2 unspecified atom stereocenters. The normalized spacial score (nSPS) is 24.7. The molecular formula is C14H23NO6. The molecule has 120 valence electrons. The Hall–Kier alpha value is -1.63. The van der Waals surface area contributed by atoms with Crippen LogP contribution in [0.25, 0.3) is 0 Å². The Morgan fingerprint density at radius 2 is 1.76 bits per heavy atom. The summed E-state index contributed by atoms with van der Waals surface area (Å²) in [5.41, 5.74) is 5.86. The molecule has 0 aliphatic heterocycles. The van der Waals surface area contributed by atoms with Crippen LogP contribution < -0.4 is 5.73 Å². The first-order valence-electron chi connectivity index (χ1n) is 7.23. The lowest BCUT2D eigenvalue weighted by atomic mass is 9.79. The van der Waals surface area contributed by atoms with E-state index in [0.717, 1.165) is 0 Å². The molecule has 7 nitrogen and oxygen atoms in total. The summed E-state index contributed by atoms with van der Waals surface area (Å²) < 4.78 is 9.83. The molecule has 0 radical (unpaired) electrons. The Morgan fingerprint density at radius 3 is 2.24 bits per heavy atom. The van der Waals surface area contributed by atoms with Gasteiger partial charge in [-0.25, -0.2) is 0 Å². The Morgan fingerprint density at radius 1 is 1.19 bits per heavy atom. The zero-order valence-electron chi connectivity index (χ0n) is 12.4. The van der Waals surface area contributed by atoms with Gasteiger partial charge in [0.25, 0.3) is 0 Å². The van der Waals surface area contributed by atoms with Crippen molar-refractivity contribution in [1.29, 1.82) is 0 Å². The first kappa shape index (κ1) is 17.4. The Bertz CT molecular complexity index is 389. The van der Waals surface area contributed by atoms with Crippen molar-refractivity contribution < 1.29 is 29.0 Å². The maximum atomic E-state index is 11.9. The highest BCUT2D eigenvalue weighted by molar-refractivity contribution is 5.76. The molecule has 0 amide bonds. The summed E-state index contributed by atoms with van der Waals surface area (Å²) in [4.78, 5) is 33.8. The van der Waals surface area contributed by atoms with Crippen molar-refractivity contribution in [2.24, 2.45) is 17.6 Å². The number of hydrogen-bond donors (Lipinski definition) is 2. The highest BCUT2D eigenvalue weighted by Gasteiger charge is 2.33. The van der Waals surface area contributed by atoms with Gasteiger partial charge in [-0.05, 0) is 31.6 Å². The van der Waals surface area contributed by atoms with Gasteiger partial charge in [-0.3, -0.25) is 14.4 Å². The van der Waals surface area contributed by atoms with Crippen molar-refractivity contribution in [2.45, 2.75) is 58.3 Å². The van der Waals surface area contributed by atoms with Crippen LogP contribution in [0.1, 0.15) is 46.0 Å². The number of carbonyl (C=O) groups excluding carboxylic acids is 2. The maximum Gasteiger partial charge on any atom is 0.326 e. The molecule has 3 N–H and O–H groups in total. The van der Waals surface area contributed by atoms with Crippen LogP contribution in [0.2, 0.25) is 0 Å². The molecule has 2 atom stereocenters. The average molecular weight is 301 g/mol. The number of carboxylic acids is 1. The molecule has 0 saturated heterocycles. The van der Waals surface area contributed by atoms with Gasteiger partial charge in [-0.1, -0.05) is 6.92 Å². The summed E-state index contributed by atoms with van der Waals surface area (Å²) in [5, 5.41) is 8.93. The lowest BCUT2D eigenvalue weighted by Crippen LogP contribution is -2.43. The van der Waals surface area contributed by atoms with E-state index < -0.39 is 30.2 Å². The van der Waals surface area contributed by atoms with Crippen LogP contribution in [-0.4, -0.2) is 35.3 Å². The molecule has 0 aromatic carbocycles. The number of carbonyl (C=O) groups is 3. The highest BCUT2D eigenvalue weighted by atomic mass is 16.7. The van der Waals surface area contributed by atoms with E-state index >= 15 is 0 Å². The van der Waals surface area contributed by atoms with Crippen LogP contribution >= 0.6 is 0 Å². The summed E-state index contributed by atoms with van der Waals surface area (Å²) in [6.45, 7) is 3.10. The van der Waals surface area contributed by atoms with Crippen LogP contribution in [0.5, 0.6) is 0 Å². The van der Waals surface area contributed by atoms with Crippen LogP contribution in [0.4, 0.5) is 0 Å². The number of carboxylic acid groups (broad SMARTS) is 1. The van der Waals surface area contributed by atoms with Crippen LogP contribution in [0.3, 0.4) is 0 Å². The molecule has 0 bridgehead atoms. The topological polar surface area (TPSA) is 116 Å². The molecule has 1 rings (SSSR count). The van der Waals surface area contributed by atoms with Crippen molar-refractivity contribution in [3.05, 3.63) is 0 Å². The molecular weight excluding hydrogens is 278 g/mol. The molecule has 0 aromatic heterocycles. The van der Waals surface area contributed by atoms with E-state index in [1.165, 1.54) is 6.92 Å². The van der Waals surface area contributed by atoms with Gasteiger partial charge in [0.2, 0.25) is 6.29 Å². The third-order valence-electron chi connectivity index (χ3n) is 3.77. The van der Waals surface area contributed by atoms with Crippen LogP contribution in [0.15, 0.2) is 0 Å². The first-order valence-corrected chi connectivity index (χ1v) is 7.23. The third kappa shape index (κ3) is 5.34. The molecule has 0 heterocycles. The summed E-state index contributed by atoms with van der Waals surface area (Å²) in [7, 11) is 0. The SMILES string of the molecule is CCC(=O)OC(C)OC(=O)C(N)[C@H]1CC[C@H](C(=O)O)CC1. The molecule has 1 aliphatic rings. The number of ether oxygens (including phenoxy) is 2. The second-order valence-electron chi connectivity index (χ2n) is 5.32. The minimum Gasteiger partial charge on any atom is -0.481 e. The molecule has 1 saturated carbocycles. The van der Waals surface area contributed by atoms with E-state index in [-0.39, 0.29) is 18.3 Å². The zero-order chi connectivity index (χ0) is 16.0. The summed E-state index contributed by atoms with van der Waals surface area (Å²) in [5.74, 6) is -2.32. The summed E-state index contributed by atoms with van der Waals surface area (Å²) >= 11 is 0. The van der Waals surface area contributed by atoms with Gasteiger partial charge in [0.05, 0.1) is 5.92 Å². The van der Waals surface area contributed by atoms with E-state index in [4.69, 9.17) is 20.3 Å². The summed E-state index contributed by atoms with van der Waals surface area (Å²) in [6, 6.07) is -0.817. The largest absolute Gasteiger partial charge is 0.481 e. The van der Waals surface area contributed by atoms with Gasteiger partial charge in [-0.15, -0.1) is 0 Å². The quantitative estimate of drug-likeness (QED) is 0.556. The fourth-order valence-electron chi connectivity index (χ4n) is 2.45. The van der Waals surface area contributed by atoms with E-state index in [1.54, 1.807) is 6.92 Å². The average Bonchev–Trinajstić information content (AvgIpc) is 2.46. The standard InChI is InChI=1S/C14H23NO6/c1-3-11(16)20-8(2)21-14(19)12(15)9-4-6-10(7-5-9)13(17)18/h8-10,12H,3-7,15H2,1-2H3,(H,17,18)/t8?,9-,10-,12?. The smallest absolute Gasteiger partial charge is 0.326 e. The number of nitrogens with two attached hydrogens (primary N) is 1. The maximum absolute atomic E-state index is 11.9. The zero-order valence-corrected chi connectivity index (χ0v) is 12.4. The van der Waals surface area contributed by atoms with Crippen molar-refractivity contribution in [3.63, 3.8) is 0 Å². The Labute approximate surface area is 123 Å². The fraction of sp³-hybridized carbons (Fsp3) is 0.786. The van der Waals surface area contributed by atoms with E-state index in [0.29, 0.717) is 25.7 Å². The minimum absolute atomic E-state index is 0.0952. The molecule has 0 spiro atoms. The molecule has 7 heteroatoms. The Balaban J connectivity index is 2.41. The predicted octanol–water partition coefficient (Wildman–Crippen LogP) is 1.05. The number of esters is 2. The monoisotopic (exact) mass is 301 g/mol. The van der Waals surface area contributed by atoms with Gasteiger partial charge < -0.3 is 20.3 Å². The molecule has 21 heavy (non-hydrogen) atoms. The molecule has 0 aromatic rings. The van der Waals surface area contributed by atoms with Crippen molar-refractivity contribution in [2.75, 3.05) is 0 Å². The molecule has 1 fully saturated rings. The van der Waals surface area contributed by atoms with Gasteiger partial charge >= 0.3 is 17.9 Å². The number of aliphatic carboxylic acids is 1. The van der Waals surface area contributed by atoms with Gasteiger partial charge in [-0.2, -0.15) is 0 Å². The van der Waals surface area contributed by atoms with E-state index in [2.05, 4.69) is 0 Å². The summed E-state index contributed by atoms with van der Waals surface area (Å²) in [6.07, 6.45) is 1.43. The first-order chi connectivity index (χ1) is 9.85. The van der Waals surface area contributed by atoms with Crippen LogP contribution in [-0.2, 0) is 23.9 Å². The lowest BCUT2D eigenvalue weighted by molar-refractivity contribution is -0.186. The Kier molecular flexibility index (Phi) is 6.61. The second kappa shape index (κ2) is 7.97. The lowest BCUT2D eigenvalue weighted by Gasteiger charge is -2.29. The van der Waals surface area contributed by atoms with E-state index in [1.807, 2.05) is 0 Å². The van der Waals surface area contributed by atoms with Crippen LogP contribution in [0, 0.1) is 11.8 Å². The van der Waals surface area contributed by atoms with E-state index in [9.17, 15) is 14.4 Å². The van der Waals surface area contributed by atoms with Crippen molar-refractivity contribution in [3.8, 4) is 0 Å². The predicted molar refractivity (Wildman–Crippen MR) is 73.0 cm³/mol. The van der Waals surface area contributed by atoms with Gasteiger partial charge in [0.15, 0.2) is 0 Å². The number of rotatable bonds is 6. The van der Waals surface area contributed by atoms with Crippen molar-refractivity contribution in [1.82, 2.24) is 0 Å². The number of hydrogen-bond acceptors (Lipinski definition) is 6. The minimum atomic E-state index is -0.966. The van der Waals surface area contributed by atoms with Gasteiger partial charge in [0.1, 0.15) is 6.04 Å². The van der Waals surface area contributed by atoms with Gasteiger partial charge in [0, 0.05) is 13.3 Å². The second-order valence-corrected chi connectivity index (χ2v) is 5.32. The fourth-order valence-corrected chi connectivity index (χ4v) is 2.45. The third-order valence-corrected chi connectivity index (χ3v) is 3.77.